The molecule has 0 aliphatic heterocycles. The molecule has 0 aliphatic rings. The minimum atomic E-state index is 0.896. The van der Waals surface area contributed by atoms with E-state index in [0.717, 1.165) is 11.8 Å². The van der Waals surface area contributed by atoms with Crippen LogP contribution in [-0.2, 0) is 0 Å². The van der Waals surface area contributed by atoms with Crippen LogP contribution >= 0.6 is 0 Å². The van der Waals surface area contributed by atoms with Crippen molar-refractivity contribution < 1.29 is 0 Å². The van der Waals surface area contributed by atoms with Gasteiger partial charge in [-0.2, -0.15) is 0 Å². The molecule has 0 rings (SSSR count). The summed E-state index contributed by atoms with van der Waals surface area (Å²) >= 11 is 0. The molecule has 0 aromatic heterocycles. The first-order chi connectivity index (χ1) is 9.16. The Morgan fingerprint density at radius 2 is 0.947 bits per heavy atom. The SMILES string of the molecule is CCCCCCCC(C)CCCCCCCC(C)C. The summed E-state index contributed by atoms with van der Waals surface area (Å²) in [5.74, 6) is 1.87. The summed E-state index contributed by atoms with van der Waals surface area (Å²) < 4.78 is 0. The van der Waals surface area contributed by atoms with E-state index < -0.39 is 0 Å². The molecular formula is C19H40. The Balaban J connectivity index is 3.13. The van der Waals surface area contributed by atoms with E-state index in [1.165, 1.54) is 83.5 Å². The van der Waals surface area contributed by atoms with E-state index in [4.69, 9.17) is 0 Å². The van der Waals surface area contributed by atoms with Crippen LogP contribution in [0.15, 0.2) is 0 Å². The molecule has 0 radical (unpaired) electrons. The zero-order valence-corrected chi connectivity index (χ0v) is 14.3. The Bertz CT molecular complexity index is 159. The first-order valence-corrected chi connectivity index (χ1v) is 9.16. The average Bonchev–Trinajstić information content (AvgIpc) is 2.37. The highest BCUT2D eigenvalue weighted by molar-refractivity contribution is 4.56. The van der Waals surface area contributed by atoms with Gasteiger partial charge in [-0.15, -0.1) is 0 Å². The molecule has 0 fully saturated rings. The summed E-state index contributed by atoms with van der Waals surface area (Å²) in [4.78, 5) is 0. The fraction of sp³-hybridized carbons (Fsp3) is 1.00. The lowest BCUT2D eigenvalue weighted by Crippen LogP contribution is -1.95. The summed E-state index contributed by atoms with van der Waals surface area (Å²) in [5, 5.41) is 0. The van der Waals surface area contributed by atoms with Crippen molar-refractivity contribution in [1.29, 1.82) is 0 Å². The lowest BCUT2D eigenvalue weighted by atomic mass is 9.95. The lowest BCUT2D eigenvalue weighted by Gasteiger charge is -2.11. The Morgan fingerprint density at radius 1 is 0.526 bits per heavy atom. The van der Waals surface area contributed by atoms with E-state index in [1.807, 2.05) is 0 Å². The van der Waals surface area contributed by atoms with E-state index in [1.54, 1.807) is 0 Å². The van der Waals surface area contributed by atoms with Crippen LogP contribution in [-0.4, -0.2) is 0 Å². The van der Waals surface area contributed by atoms with Crippen LogP contribution < -0.4 is 0 Å². The Morgan fingerprint density at radius 3 is 1.42 bits per heavy atom. The molecule has 19 heavy (non-hydrogen) atoms. The van der Waals surface area contributed by atoms with Gasteiger partial charge in [0, 0.05) is 0 Å². The van der Waals surface area contributed by atoms with Gasteiger partial charge in [0.15, 0.2) is 0 Å². The van der Waals surface area contributed by atoms with Gasteiger partial charge in [-0.25, -0.2) is 0 Å². The summed E-state index contributed by atoms with van der Waals surface area (Å²) in [6, 6.07) is 0. The van der Waals surface area contributed by atoms with E-state index in [9.17, 15) is 0 Å². The van der Waals surface area contributed by atoms with E-state index >= 15 is 0 Å². The highest BCUT2D eigenvalue weighted by atomic mass is 14.1. The first kappa shape index (κ1) is 19.0. The molecule has 0 saturated heterocycles. The van der Waals surface area contributed by atoms with Gasteiger partial charge in [-0.05, 0) is 11.8 Å². The van der Waals surface area contributed by atoms with Gasteiger partial charge in [0.1, 0.15) is 0 Å². The van der Waals surface area contributed by atoms with Crippen molar-refractivity contribution in [1.82, 2.24) is 0 Å². The number of unbranched alkanes of at least 4 members (excludes halogenated alkanes) is 8. The predicted octanol–water partition coefficient (Wildman–Crippen LogP) is 7.37. The van der Waals surface area contributed by atoms with Crippen LogP contribution in [0.2, 0.25) is 0 Å². The second kappa shape index (κ2) is 14.4. The highest BCUT2D eigenvalue weighted by Gasteiger charge is 2.02. The maximum atomic E-state index is 2.46. The van der Waals surface area contributed by atoms with E-state index in [2.05, 4.69) is 27.7 Å². The largest absolute Gasteiger partial charge is 0.0654 e. The zero-order valence-electron chi connectivity index (χ0n) is 14.3. The summed E-state index contributed by atoms with van der Waals surface area (Å²) in [7, 11) is 0. The molecule has 0 amide bonds. The molecule has 0 N–H and O–H groups in total. The smallest absolute Gasteiger partial charge is 0.0443 e. The molecule has 0 aromatic carbocycles. The van der Waals surface area contributed by atoms with Gasteiger partial charge in [0.25, 0.3) is 0 Å². The molecule has 1 unspecified atom stereocenters. The fourth-order valence-electron chi connectivity index (χ4n) is 2.82. The second-order valence-corrected chi connectivity index (χ2v) is 7.05. The molecule has 0 spiro atoms. The van der Waals surface area contributed by atoms with Crippen molar-refractivity contribution in [2.75, 3.05) is 0 Å². The van der Waals surface area contributed by atoms with Crippen LogP contribution in [0.4, 0.5) is 0 Å². The number of hydrogen-bond donors (Lipinski definition) is 0. The van der Waals surface area contributed by atoms with Crippen molar-refractivity contribution in [3.8, 4) is 0 Å². The molecule has 0 heteroatoms. The van der Waals surface area contributed by atoms with Gasteiger partial charge in [-0.1, -0.05) is 111 Å². The third kappa shape index (κ3) is 15.9. The van der Waals surface area contributed by atoms with Crippen molar-refractivity contribution in [3.63, 3.8) is 0 Å². The van der Waals surface area contributed by atoms with Crippen molar-refractivity contribution in [3.05, 3.63) is 0 Å². The normalized spacial score (nSPS) is 13.1. The maximum Gasteiger partial charge on any atom is -0.0443 e. The highest BCUT2D eigenvalue weighted by Crippen LogP contribution is 2.18. The van der Waals surface area contributed by atoms with Crippen molar-refractivity contribution >= 4 is 0 Å². The number of hydrogen-bond acceptors (Lipinski definition) is 0. The molecular weight excluding hydrogens is 228 g/mol. The van der Waals surface area contributed by atoms with Crippen molar-refractivity contribution in [2.45, 2.75) is 111 Å². The quantitative estimate of drug-likeness (QED) is 0.288. The van der Waals surface area contributed by atoms with E-state index in [-0.39, 0.29) is 0 Å². The molecule has 0 bridgehead atoms. The summed E-state index contributed by atoms with van der Waals surface area (Å²) in [5.41, 5.74) is 0. The number of rotatable bonds is 14. The fourth-order valence-corrected chi connectivity index (χ4v) is 2.82. The van der Waals surface area contributed by atoms with Crippen LogP contribution in [0.3, 0.4) is 0 Å². The first-order valence-electron chi connectivity index (χ1n) is 9.16. The van der Waals surface area contributed by atoms with Gasteiger partial charge in [0.05, 0.1) is 0 Å². The lowest BCUT2D eigenvalue weighted by molar-refractivity contribution is 0.429. The van der Waals surface area contributed by atoms with Crippen LogP contribution in [0.25, 0.3) is 0 Å². The monoisotopic (exact) mass is 268 g/mol. The van der Waals surface area contributed by atoms with E-state index in [0.29, 0.717) is 0 Å². The summed E-state index contributed by atoms with van der Waals surface area (Å²) in [6.45, 7) is 9.42. The Labute approximate surface area is 123 Å². The third-order valence-corrected chi connectivity index (χ3v) is 4.28. The minimum Gasteiger partial charge on any atom is -0.0654 e. The second-order valence-electron chi connectivity index (χ2n) is 7.05. The molecule has 0 nitrogen and oxygen atoms in total. The Kier molecular flexibility index (Phi) is 14.4. The van der Waals surface area contributed by atoms with Gasteiger partial charge in [0.2, 0.25) is 0 Å². The average molecular weight is 269 g/mol. The van der Waals surface area contributed by atoms with Crippen LogP contribution in [0.1, 0.15) is 111 Å². The molecule has 1 atom stereocenters. The molecule has 116 valence electrons. The van der Waals surface area contributed by atoms with Crippen LogP contribution in [0.5, 0.6) is 0 Å². The maximum absolute atomic E-state index is 2.46. The van der Waals surface area contributed by atoms with Gasteiger partial charge < -0.3 is 0 Å². The molecule has 0 aliphatic carbocycles. The van der Waals surface area contributed by atoms with Gasteiger partial charge >= 0.3 is 0 Å². The molecule has 0 aromatic rings. The predicted molar refractivity (Wildman–Crippen MR) is 89.7 cm³/mol. The molecule has 0 heterocycles. The summed E-state index contributed by atoms with van der Waals surface area (Å²) in [6.07, 6.45) is 18.9. The Hall–Kier alpha value is 0. The zero-order chi connectivity index (χ0) is 14.3. The minimum absolute atomic E-state index is 0.896. The molecule has 0 saturated carbocycles. The standard InChI is InChI=1S/C19H40/c1-5-6-7-9-13-16-19(4)17-14-11-8-10-12-15-18(2)3/h18-19H,5-17H2,1-4H3. The topological polar surface area (TPSA) is 0 Å². The van der Waals surface area contributed by atoms with Gasteiger partial charge in [-0.3, -0.25) is 0 Å². The third-order valence-electron chi connectivity index (χ3n) is 4.28. The van der Waals surface area contributed by atoms with Crippen LogP contribution in [0, 0.1) is 11.8 Å². The van der Waals surface area contributed by atoms with Crippen molar-refractivity contribution in [2.24, 2.45) is 11.8 Å².